The van der Waals surface area contributed by atoms with Crippen molar-refractivity contribution in [2.75, 3.05) is 0 Å². The molecule has 0 saturated carbocycles. The zero-order chi connectivity index (χ0) is 17.4. The molecular weight excluding hydrogens is 306 g/mol. The van der Waals surface area contributed by atoms with E-state index < -0.39 is 5.97 Å². The number of allylic oxidation sites excluding steroid dienone is 1. The molecule has 0 radical (unpaired) electrons. The minimum atomic E-state index is -0.976. The second-order valence-corrected chi connectivity index (χ2v) is 4.94. The van der Waals surface area contributed by atoms with Crippen LogP contribution >= 0.6 is 0 Å². The average molecular weight is 323 g/mol. The summed E-state index contributed by atoms with van der Waals surface area (Å²) in [6.07, 6.45) is 7.26. The number of H-pyrrole nitrogens is 1. The number of benzene rings is 1. The standard InChI is InChI=1S/C12H11NO.C7H6O3/c1-9(14)6-7-11-8-10-4-2-3-5-12(10)13-11;8-7(9)4-3-6-2-1-5-10-6/h2-8,13H,1H3;1-5H,(H,8,9)/b7-6+;4-3+. The van der Waals surface area contributed by atoms with Crippen molar-refractivity contribution in [3.8, 4) is 0 Å². The average Bonchev–Trinajstić information content (AvgIpc) is 3.20. The van der Waals surface area contributed by atoms with Crippen LogP contribution in [0.15, 0.2) is 65.3 Å². The van der Waals surface area contributed by atoms with Gasteiger partial charge in [0.25, 0.3) is 0 Å². The smallest absolute Gasteiger partial charge is 0.328 e. The van der Waals surface area contributed by atoms with E-state index in [0.717, 1.165) is 22.7 Å². The predicted octanol–water partition coefficient (Wildman–Crippen LogP) is 4.15. The molecule has 0 aliphatic carbocycles. The van der Waals surface area contributed by atoms with Gasteiger partial charge in [-0.1, -0.05) is 18.2 Å². The first kappa shape index (κ1) is 17.0. The fourth-order valence-electron chi connectivity index (χ4n) is 1.93. The lowest BCUT2D eigenvalue weighted by Gasteiger charge is -1.84. The zero-order valence-electron chi connectivity index (χ0n) is 13.1. The van der Waals surface area contributed by atoms with Gasteiger partial charge in [0.1, 0.15) is 5.76 Å². The second-order valence-electron chi connectivity index (χ2n) is 4.94. The number of furan rings is 1. The number of aromatic nitrogens is 1. The Balaban J connectivity index is 0.000000185. The maximum absolute atomic E-state index is 10.7. The van der Waals surface area contributed by atoms with Gasteiger partial charge >= 0.3 is 5.97 Å². The maximum Gasteiger partial charge on any atom is 0.328 e. The van der Waals surface area contributed by atoms with E-state index in [1.165, 1.54) is 12.3 Å². The molecule has 0 bridgehead atoms. The van der Waals surface area contributed by atoms with E-state index >= 15 is 0 Å². The van der Waals surface area contributed by atoms with Gasteiger partial charge in [-0.3, -0.25) is 4.79 Å². The van der Waals surface area contributed by atoms with Crippen molar-refractivity contribution in [2.24, 2.45) is 0 Å². The van der Waals surface area contributed by atoms with Gasteiger partial charge in [0.05, 0.1) is 6.26 Å². The van der Waals surface area contributed by atoms with Gasteiger partial charge in [0.2, 0.25) is 0 Å². The second kappa shape index (κ2) is 8.33. The zero-order valence-corrected chi connectivity index (χ0v) is 13.1. The molecule has 3 aromatic rings. The molecule has 1 aromatic carbocycles. The van der Waals surface area contributed by atoms with Crippen LogP contribution in [-0.2, 0) is 9.59 Å². The fraction of sp³-hybridized carbons (Fsp3) is 0.0526. The van der Waals surface area contributed by atoms with Crippen LogP contribution in [-0.4, -0.2) is 21.8 Å². The van der Waals surface area contributed by atoms with Crippen molar-refractivity contribution in [3.05, 3.63) is 72.3 Å². The van der Waals surface area contributed by atoms with E-state index in [9.17, 15) is 9.59 Å². The molecule has 2 heterocycles. The van der Waals surface area contributed by atoms with Crippen LogP contribution in [0.2, 0.25) is 0 Å². The Labute approximate surface area is 138 Å². The van der Waals surface area contributed by atoms with Crippen molar-refractivity contribution in [1.29, 1.82) is 0 Å². The van der Waals surface area contributed by atoms with Gasteiger partial charge in [-0.05, 0) is 54.8 Å². The lowest BCUT2D eigenvalue weighted by atomic mass is 10.2. The molecular formula is C19H17NO4. The van der Waals surface area contributed by atoms with Crippen molar-refractivity contribution in [3.63, 3.8) is 0 Å². The Morgan fingerprint density at radius 3 is 2.50 bits per heavy atom. The molecule has 0 saturated heterocycles. The normalized spacial score (nSPS) is 10.9. The Morgan fingerprint density at radius 2 is 1.88 bits per heavy atom. The maximum atomic E-state index is 10.7. The van der Waals surface area contributed by atoms with Gasteiger partial charge in [0.15, 0.2) is 5.78 Å². The Kier molecular flexibility index (Phi) is 5.91. The van der Waals surface area contributed by atoms with Crippen LogP contribution in [0.5, 0.6) is 0 Å². The van der Waals surface area contributed by atoms with E-state index in [4.69, 9.17) is 9.52 Å². The highest BCUT2D eigenvalue weighted by Gasteiger charge is 1.95. The Hall–Kier alpha value is -3.34. The molecule has 2 N–H and O–H groups in total. The Morgan fingerprint density at radius 1 is 1.08 bits per heavy atom. The van der Waals surface area contributed by atoms with E-state index in [0.29, 0.717) is 5.76 Å². The lowest BCUT2D eigenvalue weighted by Crippen LogP contribution is -1.84. The molecule has 3 rings (SSSR count). The summed E-state index contributed by atoms with van der Waals surface area (Å²) in [5.74, 6) is -0.373. The van der Waals surface area contributed by atoms with E-state index in [-0.39, 0.29) is 5.78 Å². The van der Waals surface area contributed by atoms with Gasteiger partial charge in [-0.2, -0.15) is 0 Å². The summed E-state index contributed by atoms with van der Waals surface area (Å²) in [6, 6.07) is 13.4. The quantitative estimate of drug-likeness (QED) is 0.707. The summed E-state index contributed by atoms with van der Waals surface area (Å²) < 4.78 is 4.83. The van der Waals surface area contributed by atoms with Crippen LogP contribution in [0, 0.1) is 0 Å². The number of hydrogen-bond acceptors (Lipinski definition) is 3. The predicted molar refractivity (Wildman–Crippen MR) is 93.4 cm³/mol. The first-order chi connectivity index (χ1) is 11.5. The van der Waals surface area contributed by atoms with Crippen molar-refractivity contribution >= 4 is 34.8 Å². The molecule has 122 valence electrons. The molecule has 24 heavy (non-hydrogen) atoms. The third-order valence-electron chi connectivity index (χ3n) is 2.98. The van der Waals surface area contributed by atoms with Crippen molar-refractivity contribution in [2.45, 2.75) is 6.92 Å². The SMILES string of the molecule is CC(=O)/C=C/c1cc2ccccc2[nH]1.O=C(O)/C=C/c1ccco1. The number of ketones is 1. The summed E-state index contributed by atoms with van der Waals surface area (Å²) in [5, 5.41) is 9.35. The Bertz CT molecular complexity index is 837. The number of rotatable bonds is 4. The van der Waals surface area contributed by atoms with Crippen LogP contribution in [0.25, 0.3) is 23.1 Å². The molecule has 0 spiro atoms. The van der Waals surface area contributed by atoms with Gasteiger partial charge in [0, 0.05) is 17.3 Å². The summed E-state index contributed by atoms with van der Waals surface area (Å²) in [5.41, 5.74) is 2.05. The number of fused-ring (bicyclic) bond motifs is 1. The molecule has 0 atom stereocenters. The fourth-order valence-corrected chi connectivity index (χ4v) is 1.93. The van der Waals surface area contributed by atoms with Crippen LogP contribution in [0.4, 0.5) is 0 Å². The molecule has 0 fully saturated rings. The van der Waals surface area contributed by atoms with Crippen LogP contribution in [0.1, 0.15) is 18.4 Å². The highest BCUT2D eigenvalue weighted by atomic mass is 16.4. The topological polar surface area (TPSA) is 83.3 Å². The number of hydrogen-bond donors (Lipinski definition) is 2. The molecule has 5 nitrogen and oxygen atoms in total. The number of aliphatic carboxylic acids is 1. The van der Waals surface area contributed by atoms with Crippen molar-refractivity contribution in [1.82, 2.24) is 4.98 Å². The molecule has 2 aromatic heterocycles. The molecule has 0 unspecified atom stereocenters. The molecule has 0 aliphatic heterocycles. The van der Waals surface area contributed by atoms with Gasteiger partial charge in [-0.25, -0.2) is 4.79 Å². The molecule has 0 aliphatic rings. The highest BCUT2D eigenvalue weighted by Crippen LogP contribution is 2.15. The number of carboxylic acid groups (broad SMARTS) is 1. The minimum absolute atomic E-state index is 0.0589. The third kappa shape index (κ3) is 5.46. The molecule has 0 amide bonds. The first-order valence-corrected chi connectivity index (χ1v) is 7.25. The van der Waals surface area contributed by atoms with Crippen LogP contribution < -0.4 is 0 Å². The number of para-hydroxylation sites is 1. The number of nitrogens with one attached hydrogen (secondary N) is 1. The summed E-state index contributed by atoms with van der Waals surface area (Å²) >= 11 is 0. The highest BCUT2D eigenvalue weighted by molar-refractivity contribution is 5.92. The number of carbonyl (C=O) groups is 2. The summed E-state index contributed by atoms with van der Waals surface area (Å²) in [7, 11) is 0. The van der Waals surface area contributed by atoms with Gasteiger partial charge in [-0.15, -0.1) is 0 Å². The first-order valence-electron chi connectivity index (χ1n) is 7.25. The van der Waals surface area contributed by atoms with E-state index in [1.54, 1.807) is 31.2 Å². The summed E-state index contributed by atoms with van der Waals surface area (Å²) in [4.78, 5) is 23.9. The number of aromatic amines is 1. The van der Waals surface area contributed by atoms with Gasteiger partial charge < -0.3 is 14.5 Å². The van der Waals surface area contributed by atoms with Crippen LogP contribution in [0.3, 0.4) is 0 Å². The lowest BCUT2D eigenvalue weighted by molar-refractivity contribution is -0.131. The number of carbonyl (C=O) groups excluding carboxylic acids is 1. The largest absolute Gasteiger partial charge is 0.478 e. The number of carboxylic acids is 1. The van der Waals surface area contributed by atoms with E-state index in [1.807, 2.05) is 30.3 Å². The van der Waals surface area contributed by atoms with E-state index in [2.05, 4.69) is 4.98 Å². The monoisotopic (exact) mass is 323 g/mol. The van der Waals surface area contributed by atoms with Crippen molar-refractivity contribution < 1.29 is 19.1 Å². The summed E-state index contributed by atoms with van der Waals surface area (Å²) in [6.45, 7) is 1.54. The molecule has 5 heteroatoms. The third-order valence-corrected chi connectivity index (χ3v) is 2.98. The minimum Gasteiger partial charge on any atom is -0.478 e.